The average Bonchev–Trinajstić information content (AvgIpc) is 2.92. The maximum absolute atomic E-state index is 3.26. The van der Waals surface area contributed by atoms with Crippen LogP contribution in [0.4, 0.5) is 0 Å². The molecule has 0 fully saturated rings. The standard InChI is InChI=1S/2C8H11.2FH.Zr/c2*1-2-5-8-6-3-4-7-8;;;/h2*3,6H,2,4-5H2,1H3;2*1H;/q2*-1;;;+4/p-2. The zero-order chi connectivity index (χ0) is 11.6. The first-order valence-corrected chi connectivity index (χ1v) is 6.39. The quantitative estimate of drug-likeness (QED) is 0.572. The van der Waals surface area contributed by atoms with E-state index in [1.807, 2.05) is 0 Å². The van der Waals surface area contributed by atoms with Crippen molar-refractivity contribution in [2.75, 3.05) is 0 Å². The fourth-order valence-corrected chi connectivity index (χ4v) is 1.78. The molecule has 0 atom stereocenters. The zero-order valence-corrected chi connectivity index (χ0v) is 14.3. The summed E-state index contributed by atoms with van der Waals surface area (Å²) in [7, 11) is 0. The zero-order valence-electron chi connectivity index (χ0n) is 11.8. The number of rotatable bonds is 4. The molecule has 0 aromatic rings. The van der Waals surface area contributed by atoms with Crippen molar-refractivity contribution in [3.8, 4) is 0 Å². The van der Waals surface area contributed by atoms with E-state index in [9.17, 15) is 0 Å². The van der Waals surface area contributed by atoms with E-state index < -0.39 is 0 Å². The summed E-state index contributed by atoms with van der Waals surface area (Å²) in [6.45, 7) is 4.39. The monoisotopic (exact) mass is 342 g/mol. The predicted molar refractivity (Wildman–Crippen MR) is 70.8 cm³/mol. The normalized spacial score (nSPS) is 14.2. The molecule has 19 heavy (non-hydrogen) atoms. The largest absolute Gasteiger partial charge is 4.00 e. The second kappa shape index (κ2) is 15.8. The molecule has 0 nitrogen and oxygen atoms in total. The van der Waals surface area contributed by atoms with E-state index >= 15 is 0 Å². The van der Waals surface area contributed by atoms with Crippen molar-refractivity contribution >= 4 is 0 Å². The summed E-state index contributed by atoms with van der Waals surface area (Å²) < 4.78 is 0. The Labute approximate surface area is 135 Å². The van der Waals surface area contributed by atoms with Crippen LogP contribution in [0.1, 0.15) is 52.4 Å². The van der Waals surface area contributed by atoms with Crippen molar-refractivity contribution in [1.29, 1.82) is 0 Å². The third kappa shape index (κ3) is 11.2. The van der Waals surface area contributed by atoms with Crippen molar-refractivity contribution in [3.05, 3.63) is 47.6 Å². The Morgan fingerprint density at radius 3 is 1.42 bits per heavy atom. The van der Waals surface area contributed by atoms with Gasteiger partial charge in [-0.25, -0.2) is 23.3 Å². The molecule has 2 aliphatic rings. The summed E-state index contributed by atoms with van der Waals surface area (Å²) in [5.74, 6) is 0. The first-order chi connectivity index (χ1) is 7.86. The molecule has 2 rings (SSSR count). The molecule has 0 aromatic heterocycles. The van der Waals surface area contributed by atoms with Crippen LogP contribution in [0.3, 0.4) is 0 Å². The van der Waals surface area contributed by atoms with Crippen molar-refractivity contribution in [1.82, 2.24) is 0 Å². The summed E-state index contributed by atoms with van der Waals surface area (Å²) in [5.41, 5.74) is 2.79. The minimum atomic E-state index is 0. The van der Waals surface area contributed by atoms with Crippen LogP contribution in [-0.4, -0.2) is 0 Å². The molecule has 104 valence electrons. The maximum Gasteiger partial charge on any atom is 4.00 e. The fourth-order valence-electron chi connectivity index (χ4n) is 1.78. The van der Waals surface area contributed by atoms with E-state index in [0.717, 1.165) is 12.8 Å². The van der Waals surface area contributed by atoms with Gasteiger partial charge in [0.25, 0.3) is 0 Å². The summed E-state index contributed by atoms with van der Waals surface area (Å²) in [6.07, 6.45) is 22.2. The number of allylic oxidation sites excluding steroid dienone is 8. The molecule has 0 aromatic carbocycles. The third-order valence-corrected chi connectivity index (χ3v) is 2.57. The second-order valence-electron chi connectivity index (χ2n) is 4.12. The van der Waals surface area contributed by atoms with Gasteiger partial charge in [0.1, 0.15) is 0 Å². The van der Waals surface area contributed by atoms with Gasteiger partial charge < -0.3 is 9.41 Å². The summed E-state index contributed by atoms with van der Waals surface area (Å²) >= 11 is 0. The summed E-state index contributed by atoms with van der Waals surface area (Å²) in [4.78, 5) is 0. The van der Waals surface area contributed by atoms with E-state index in [0.29, 0.717) is 0 Å². The van der Waals surface area contributed by atoms with Gasteiger partial charge in [-0.05, 0) is 0 Å². The van der Waals surface area contributed by atoms with Crippen LogP contribution in [0, 0.1) is 12.2 Å². The minimum Gasteiger partial charge on any atom is -1.00 e. The molecule has 0 saturated carbocycles. The molecule has 0 radical (unpaired) electrons. The van der Waals surface area contributed by atoms with Gasteiger partial charge >= 0.3 is 26.2 Å². The Morgan fingerprint density at radius 1 is 0.842 bits per heavy atom. The molecule has 0 bridgehead atoms. The first-order valence-electron chi connectivity index (χ1n) is 6.39. The fraction of sp³-hybridized carbons (Fsp3) is 0.500. The van der Waals surface area contributed by atoms with Crippen molar-refractivity contribution in [2.24, 2.45) is 0 Å². The van der Waals surface area contributed by atoms with E-state index in [4.69, 9.17) is 0 Å². The minimum absolute atomic E-state index is 0. The number of hydrogen-bond donors (Lipinski definition) is 0. The number of hydrogen-bond acceptors (Lipinski definition) is 0. The number of halogens is 2. The predicted octanol–water partition coefficient (Wildman–Crippen LogP) is -1.04. The van der Waals surface area contributed by atoms with Crippen LogP contribution < -0.4 is 9.41 Å². The molecule has 2 aliphatic carbocycles. The van der Waals surface area contributed by atoms with Crippen LogP contribution in [0.15, 0.2) is 35.5 Å². The Morgan fingerprint density at radius 2 is 1.21 bits per heavy atom. The van der Waals surface area contributed by atoms with Gasteiger partial charge in [-0.1, -0.05) is 39.5 Å². The van der Waals surface area contributed by atoms with Crippen LogP contribution in [0.2, 0.25) is 0 Å². The van der Waals surface area contributed by atoms with Crippen molar-refractivity contribution in [3.63, 3.8) is 0 Å². The van der Waals surface area contributed by atoms with Gasteiger partial charge in [-0.2, -0.15) is 12.2 Å². The summed E-state index contributed by atoms with van der Waals surface area (Å²) in [5, 5.41) is 0. The molecule has 0 unspecified atom stereocenters. The van der Waals surface area contributed by atoms with Crippen LogP contribution in [0.25, 0.3) is 0 Å². The molecule has 0 heterocycles. The van der Waals surface area contributed by atoms with Gasteiger partial charge in [0.15, 0.2) is 0 Å². The molecule has 0 saturated heterocycles. The van der Waals surface area contributed by atoms with Crippen molar-refractivity contribution in [2.45, 2.75) is 52.4 Å². The Hall–Kier alpha value is -0.297. The smallest absolute Gasteiger partial charge is 1.00 e. The van der Waals surface area contributed by atoms with E-state index in [1.54, 1.807) is 0 Å². The van der Waals surface area contributed by atoms with E-state index in [-0.39, 0.29) is 35.6 Å². The van der Waals surface area contributed by atoms with Crippen molar-refractivity contribution < 1.29 is 35.6 Å². The molecule has 0 N–H and O–H groups in total. The molecule has 3 heteroatoms. The van der Waals surface area contributed by atoms with Crippen LogP contribution in [0.5, 0.6) is 0 Å². The molecule has 0 aliphatic heterocycles. The van der Waals surface area contributed by atoms with Gasteiger partial charge in [-0.3, -0.25) is 12.2 Å². The van der Waals surface area contributed by atoms with Gasteiger partial charge in [0.2, 0.25) is 0 Å². The van der Waals surface area contributed by atoms with E-state index in [2.05, 4.69) is 50.3 Å². The van der Waals surface area contributed by atoms with Crippen LogP contribution >= 0.6 is 0 Å². The topological polar surface area (TPSA) is 0 Å². The molecular weight excluding hydrogens is 321 g/mol. The van der Waals surface area contributed by atoms with Crippen LogP contribution in [-0.2, 0) is 26.2 Å². The Bertz CT molecular complexity index is 283. The summed E-state index contributed by atoms with van der Waals surface area (Å²) in [6, 6.07) is 0. The third-order valence-electron chi connectivity index (χ3n) is 2.57. The van der Waals surface area contributed by atoms with Gasteiger partial charge in [0.05, 0.1) is 0 Å². The first kappa shape index (κ1) is 23.8. The maximum atomic E-state index is 3.26. The Kier molecular flexibility index (Phi) is 19.7. The molecular formula is C16H22F2Zr. The average molecular weight is 344 g/mol. The second-order valence-corrected chi connectivity index (χ2v) is 4.12. The molecule has 0 amide bonds. The Balaban J connectivity index is -0.000000233. The van der Waals surface area contributed by atoms with E-state index in [1.165, 1.54) is 36.8 Å². The SMILES string of the molecule is CCCC1=[C-]CC=C1.CCCC1=[C-]CC=C1.[F-].[F-].[Zr+4]. The van der Waals surface area contributed by atoms with Gasteiger partial charge in [-0.15, -0.1) is 12.8 Å². The molecule has 0 spiro atoms. The van der Waals surface area contributed by atoms with Gasteiger partial charge in [0, 0.05) is 0 Å².